The first-order valence-corrected chi connectivity index (χ1v) is 5.91. The first kappa shape index (κ1) is 14.2. The van der Waals surface area contributed by atoms with Crippen LogP contribution in [0.2, 0.25) is 0 Å². The minimum absolute atomic E-state index is 0.0712. The third kappa shape index (κ3) is 3.57. The third-order valence-electron chi connectivity index (χ3n) is 2.95. The van der Waals surface area contributed by atoms with Crippen molar-refractivity contribution in [3.8, 4) is 6.07 Å². The predicted molar refractivity (Wildman–Crippen MR) is 70.6 cm³/mol. The fraction of sp³-hybridized carbons (Fsp3) is 0.429. The smallest absolute Gasteiger partial charge is 0.161 e. The van der Waals surface area contributed by atoms with E-state index in [1.165, 1.54) is 6.92 Å². The van der Waals surface area contributed by atoms with Crippen molar-refractivity contribution >= 4 is 11.5 Å². The number of hydrogen-bond donors (Lipinski definition) is 2. The molecule has 4 nitrogen and oxygen atoms in total. The van der Waals surface area contributed by atoms with Gasteiger partial charge >= 0.3 is 0 Å². The number of carbonyl (C=O) groups is 1. The Kier molecular flexibility index (Phi) is 4.46. The molecule has 0 aromatic heterocycles. The Morgan fingerprint density at radius 1 is 1.56 bits per heavy atom. The molecule has 18 heavy (non-hydrogen) atoms. The van der Waals surface area contributed by atoms with Crippen LogP contribution in [-0.4, -0.2) is 23.0 Å². The molecule has 0 saturated heterocycles. The molecule has 0 saturated carbocycles. The Morgan fingerprint density at radius 3 is 2.72 bits per heavy atom. The number of nitrogens with zero attached hydrogens (tertiary/aromatic N) is 1. The van der Waals surface area contributed by atoms with Crippen LogP contribution in [0.15, 0.2) is 18.2 Å². The van der Waals surface area contributed by atoms with Crippen LogP contribution >= 0.6 is 0 Å². The summed E-state index contributed by atoms with van der Waals surface area (Å²) in [6, 6.07) is 6.90. The number of Topliss-reactive ketones (excluding diaryl/α,β-unsaturated/α-hetero) is 1. The van der Waals surface area contributed by atoms with Crippen LogP contribution in [0.5, 0.6) is 0 Å². The lowest BCUT2D eigenvalue weighted by Crippen LogP contribution is -2.32. The van der Waals surface area contributed by atoms with Gasteiger partial charge in [-0.15, -0.1) is 0 Å². The van der Waals surface area contributed by atoms with Crippen LogP contribution in [0.1, 0.15) is 43.1 Å². The number of nitriles is 1. The van der Waals surface area contributed by atoms with E-state index in [2.05, 4.69) is 5.32 Å². The number of benzene rings is 1. The zero-order valence-corrected chi connectivity index (χ0v) is 10.9. The van der Waals surface area contributed by atoms with Crippen molar-refractivity contribution in [2.75, 3.05) is 11.9 Å². The van der Waals surface area contributed by atoms with Gasteiger partial charge in [0.2, 0.25) is 0 Å². The number of aliphatic hydroxyl groups is 1. The highest BCUT2D eigenvalue weighted by atomic mass is 16.3. The van der Waals surface area contributed by atoms with E-state index in [1.54, 1.807) is 25.1 Å². The molecule has 0 spiro atoms. The Morgan fingerprint density at radius 2 is 2.22 bits per heavy atom. The molecule has 1 aromatic rings. The summed E-state index contributed by atoms with van der Waals surface area (Å²) in [7, 11) is 0. The Balaban J connectivity index is 2.99. The summed E-state index contributed by atoms with van der Waals surface area (Å²) in [5, 5.41) is 21.8. The monoisotopic (exact) mass is 246 g/mol. The highest BCUT2D eigenvalue weighted by molar-refractivity contribution is 5.99. The second-order valence-corrected chi connectivity index (χ2v) is 4.63. The second-order valence-electron chi connectivity index (χ2n) is 4.63. The predicted octanol–water partition coefficient (Wildman–Crippen LogP) is 2.33. The van der Waals surface area contributed by atoms with Gasteiger partial charge in [-0.2, -0.15) is 5.26 Å². The lowest BCUT2D eigenvalue weighted by atomic mass is 10.0. The van der Waals surface area contributed by atoms with Crippen LogP contribution in [0.25, 0.3) is 0 Å². The lowest BCUT2D eigenvalue weighted by molar-refractivity contribution is 0.0696. The maximum absolute atomic E-state index is 11.5. The summed E-state index contributed by atoms with van der Waals surface area (Å²) >= 11 is 0. The van der Waals surface area contributed by atoms with Gasteiger partial charge in [0, 0.05) is 17.8 Å². The molecule has 1 atom stereocenters. The number of anilines is 1. The van der Waals surface area contributed by atoms with Crippen molar-refractivity contribution in [3.63, 3.8) is 0 Å². The quantitative estimate of drug-likeness (QED) is 0.782. The molecule has 2 N–H and O–H groups in total. The van der Waals surface area contributed by atoms with Gasteiger partial charge < -0.3 is 10.4 Å². The van der Waals surface area contributed by atoms with Gasteiger partial charge in [0.1, 0.15) is 0 Å². The van der Waals surface area contributed by atoms with Crippen molar-refractivity contribution < 1.29 is 9.90 Å². The van der Waals surface area contributed by atoms with Gasteiger partial charge in [0.15, 0.2) is 5.78 Å². The lowest BCUT2D eigenvalue weighted by Gasteiger charge is -2.23. The van der Waals surface area contributed by atoms with Gasteiger partial charge in [-0.05, 0) is 38.5 Å². The van der Waals surface area contributed by atoms with Crippen LogP contribution < -0.4 is 5.32 Å². The number of hydrogen-bond acceptors (Lipinski definition) is 4. The summed E-state index contributed by atoms with van der Waals surface area (Å²) in [5.41, 5.74) is 0.770. The van der Waals surface area contributed by atoms with Gasteiger partial charge in [-0.3, -0.25) is 4.79 Å². The van der Waals surface area contributed by atoms with E-state index in [9.17, 15) is 9.90 Å². The highest BCUT2D eigenvalue weighted by Crippen LogP contribution is 2.20. The summed E-state index contributed by atoms with van der Waals surface area (Å²) < 4.78 is 0. The minimum Gasteiger partial charge on any atom is -0.388 e. The molecular formula is C14H18N2O2. The van der Waals surface area contributed by atoms with Crippen molar-refractivity contribution in [3.05, 3.63) is 29.3 Å². The third-order valence-corrected chi connectivity index (χ3v) is 2.95. The largest absolute Gasteiger partial charge is 0.388 e. The maximum atomic E-state index is 11.5. The topological polar surface area (TPSA) is 73.1 Å². The van der Waals surface area contributed by atoms with E-state index in [0.717, 1.165) is 0 Å². The molecule has 0 amide bonds. The zero-order chi connectivity index (χ0) is 13.8. The van der Waals surface area contributed by atoms with Gasteiger partial charge in [0.05, 0.1) is 17.2 Å². The molecule has 0 bridgehead atoms. The van der Waals surface area contributed by atoms with Crippen molar-refractivity contribution in [2.45, 2.75) is 32.8 Å². The van der Waals surface area contributed by atoms with Gasteiger partial charge in [0.25, 0.3) is 0 Å². The van der Waals surface area contributed by atoms with E-state index in [1.807, 2.05) is 13.0 Å². The fourth-order valence-corrected chi connectivity index (χ4v) is 1.48. The molecule has 0 heterocycles. The molecular weight excluding hydrogens is 228 g/mol. The van der Waals surface area contributed by atoms with Crippen molar-refractivity contribution in [1.82, 2.24) is 0 Å². The molecule has 0 radical (unpaired) electrons. The van der Waals surface area contributed by atoms with E-state index in [0.29, 0.717) is 29.8 Å². The van der Waals surface area contributed by atoms with Crippen molar-refractivity contribution in [1.29, 1.82) is 5.26 Å². The summed E-state index contributed by atoms with van der Waals surface area (Å²) in [6.45, 7) is 5.42. The average molecular weight is 246 g/mol. The fourth-order valence-electron chi connectivity index (χ4n) is 1.48. The molecule has 0 fully saturated rings. The van der Waals surface area contributed by atoms with Crippen LogP contribution in [0.3, 0.4) is 0 Å². The second kappa shape index (κ2) is 5.65. The Bertz CT molecular complexity index is 487. The SMILES string of the molecule is CCC(C)(O)CNc1cc(C#N)ccc1C(C)=O. The first-order valence-electron chi connectivity index (χ1n) is 5.91. The van der Waals surface area contributed by atoms with Gasteiger partial charge in [-0.25, -0.2) is 0 Å². The molecule has 0 aliphatic heterocycles. The van der Waals surface area contributed by atoms with Gasteiger partial charge in [-0.1, -0.05) is 6.92 Å². The number of nitrogens with one attached hydrogen (secondary N) is 1. The maximum Gasteiger partial charge on any atom is 0.161 e. The zero-order valence-electron chi connectivity index (χ0n) is 10.9. The number of carbonyl (C=O) groups excluding carboxylic acids is 1. The number of rotatable bonds is 5. The average Bonchev–Trinajstić information content (AvgIpc) is 2.36. The standard InChI is InChI=1S/C14H18N2O2/c1-4-14(3,18)9-16-13-7-11(8-15)5-6-12(13)10(2)17/h5-7,16,18H,4,9H2,1-3H3. The summed E-state index contributed by atoms with van der Waals surface area (Å²) in [5.74, 6) is -0.0712. The van der Waals surface area contributed by atoms with Crippen LogP contribution in [0, 0.1) is 11.3 Å². The van der Waals surface area contributed by atoms with E-state index in [-0.39, 0.29) is 5.78 Å². The molecule has 0 aliphatic carbocycles. The molecule has 1 aromatic carbocycles. The minimum atomic E-state index is -0.837. The molecule has 1 rings (SSSR count). The molecule has 4 heteroatoms. The Labute approximate surface area is 107 Å². The highest BCUT2D eigenvalue weighted by Gasteiger charge is 2.18. The Hall–Kier alpha value is -1.86. The van der Waals surface area contributed by atoms with Crippen molar-refractivity contribution in [2.24, 2.45) is 0 Å². The van der Waals surface area contributed by atoms with Crippen LogP contribution in [-0.2, 0) is 0 Å². The molecule has 96 valence electrons. The first-order chi connectivity index (χ1) is 8.39. The summed E-state index contributed by atoms with van der Waals surface area (Å²) in [6.07, 6.45) is 0.605. The normalized spacial score (nSPS) is 13.5. The van der Waals surface area contributed by atoms with E-state index < -0.39 is 5.60 Å². The van der Waals surface area contributed by atoms with E-state index in [4.69, 9.17) is 5.26 Å². The molecule has 0 aliphatic rings. The number of ketones is 1. The summed E-state index contributed by atoms with van der Waals surface area (Å²) in [4.78, 5) is 11.5. The van der Waals surface area contributed by atoms with Crippen LogP contribution in [0.4, 0.5) is 5.69 Å². The van der Waals surface area contributed by atoms with E-state index >= 15 is 0 Å². The molecule has 1 unspecified atom stereocenters.